The first-order valence-electron chi connectivity index (χ1n) is 2.39. The van der Waals surface area contributed by atoms with Gasteiger partial charge in [0.05, 0.1) is 0 Å². The fraction of sp³-hybridized carbons (Fsp3) is 0.800. The highest BCUT2D eigenvalue weighted by atomic mass is 14.7. The Balaban J connectivity index is 2.09. The highest BCUT2D eigenvalue weighted by Gasteiger charge is 2.30. The molecule has 0 aromatic carbocycles. The molecule has 0 aromatic heterocycles. The van der Waals surface area contributed by atoms with Crippen molar-refractivity contribution in [1.82, 2.24) is 0 Å². The van der Waals surface area contributed by atoms with E-state index in [1.807, 2.05) is 0 Å². The van der Waals surface area contributed by atoms with E-state index in [0.29, 0.717) is 6.04 Å². The van der Waals surface area contributed by atoms with Crippen molar-refractivity contribution < 1.29 is 0 Å². The first kappa shape index (κ1) is 4.13. The van der Waals surface area contributed by atoms with E-state index in [1.165, 1.54) is 6.42 Å². The molecule has 1 saturated carbocycles. The lowest BCUT2D eigenvalue weighted by molar-refractivity contribution is 0.912. The second kappa shape index (κ2) is 1.23. The van der Waals surface area contributed by atoms with Gasteiger partial charge in [0.2, 0.25) is 0 Å². The van der Waals surface area contributed by atoms with E-state index >= 15 is 0 Å². The van der Waals surface area contributed by atoms with Crippen LogP contribution < -0.4 is 5.73 Å². The highest BCUT2D eigenvalue weighted by Crippen LogP contribution is 2.29. The molecule has 1 aliphatic rings. The predicted octanol–water partition coefficient (Wildman–Crippen LogP) is 0.558. The first-order valence-corrected chi connectivity index (χ1v) is 2.39. The summed E-state index contributed by atoms with van der Waals surface area (Å²) in [5.74, 6) is 0.755. The normalized spacial score (nSPS) is 43.0. The predicted molar refractivity (Wildman–Crippen MR) is 26.1 cm³/mol. The van der Waals surface area contributed by atoms with Gasteiger partial charge >= 0.3 is 0 Å². The van der Waals surface area contributed by atoms with E-state index in [1.54, 1.807) is 0 Å². The van der Waals surface area contributed by atoms with Gasteiger partial charge in [-0.15, -0.1) is 0 Å². The van der Waals surface area contributed by atoms with Gasteiger partial charge in [0.15, 0.2) is 0 Å². The average molecular weight is 84.1 g/mol. The van der Waals surface area contributed by atoms with Crippen molar-refractivity contribution in [3.05, 3.63) is 6.42 Å². The van der Waals surface area contributed by atoms with Crippen LogP contribution in [0.4, 0.5) is 0 Å². The summed E-state index contributed by atoms with van der Waals surface area (Å²) in [5, 5.41) is 0. The van der Waals surface area contributed by atoms with Gasteiger partial charge in [-0.25, -0.2) is 0 Å². The topological polar surface area (TPSA) is 26.0 Å². The van der Waals surface area contributed by atoms with Crippen LogP contribution in [0.5, 0.6) is 0 Å². The lowest BCUT2D eigenvalue weighted by Crippen LogP contribution is -2.00. The molecule has 1 nitrogen and oxygen atoms in total. The van der Waals surface area contributed by atoms with Crippen molar-refractivity contribution in [1.29, 1.82) is 0 Å². The van der Waals surface area contributed by atoms with Gasteiger partial charge in [0, 0.05) is 6.04 Å². The first-order chi connectivity index (χ1) is 2.84. The van der Waals surface area contributed by atoms with Gasteiger partial charge < -0.3 is 5.73 Å². The lowest BCUT2D eigenvalue weighted by Gasteiger charge is -1.79. The lowest BCUT2D eigenvalue weighted by atomic mass is 10.3. The molecule has 0 saturated heterocycles. The fourth-order valence-corrected chi connectivity index (χ4v) is 0.619. The standard InChI is InChI=1S/C5H10N/c1-2-4-3-5(4)6/h2,4-5H,3,6H2,1H3. The van der Waals surface area contributed by atoms with Crippen LogP contribution in [0.3, 0.4) is 0 Å². The third kappa shape index (κ3) is 0.548. The molecule has 0 bridgehead atoms. The van der Waals surface area contributed by atoms with Crippen molar-refractivity contribution in [2.75, 3.05) is 0 Å². The monoisotopic (exact) mass is 84.1 g/mol. The maximum Gasteiger partial charge on any atom is 0.00737 e. The Morgan fingerprint density at radius 1 is 1.83 bits per heavy atom. The molecular weight excluding hydrogens is 74.1 g/mol. The molecule has 1 rings (SSSR count). The van der Waals surface area contributed by atoms with Crippen LogP contribution in [-0.4, -0.2) is 6.04 Å². The van der Waals surface area contributed by atoms with E-state index in [0.717, 1.165) is 5.92 Å². The van der Waals surface area contributed by atoms with Crippen LogP contribution >= 0.6 is 0 Å². The van der Waals surface area contributed by atoms with Crippen molar-refractivity contribution >= 4 is 0 Å². The fourth-order valence-electron chi connectivity index (χ4n) is 0.619. The van der Waals surface area contributed by atoms with Crippen LogP contribution in [0.2, 0.25) is 0 Å². The second-order valence-corrected chi connectivity index (χ2v) is 1.90. The molecule has 1 heteroatoms. The third-order valence-corrected chi connectivity index (χ3v) is 1.32. The summed E-state index contributed by atoms with van der Waals surface area (Å²) < 4.78 is 0. The highest BCUT2D eigenvalue weighted by molar-refractivity contribution is 4.96. The molecule has 2 N–H and O–H groups in total. The Hall–Kier alpha value is -0.0400. The van der Waals surface area contributed by atoms with Gasteiger partial charge in [-0.3, -0.25) is 0 Å². The third-order valence-electron chi connectivity index (χ3n) is 1.32. The van der Waals surface area contributed by atoms with Crippen LogP contribution in [0.25, 0.3) is 0 Å². The van der Waals surface area contributed by atoms with Crippen molar-refractivity contribution in [2.45, 2.75) is 19.4 Å². The van der Waals surface area contributed by atoms with Crippen molar-refractivity contribution in [3.8, 4) is 0 Å². The van der Waals surface area contributed by atoms with E-state index in [2.05, 4.69) is 13.3 Å². The molecule has 1 radical (unpaired) electrons. The molecule has 0 heterocycles. The molecule has 6 heavy (non-hydrogen) atoms. The van der Waals surface area contributed by atoms with Gasteiger partial charge in [0.1, 0.15) is 0 Å². The molecule has 0 amide bonds. The summed E-state index contributed by atoms with van der Waals surface area (Å²) in [6.07, 6.45) is 3.39. The van der Waals surface area contributed by atoms with Crippen LogP contribution in [0, 0.1) is 12.3 Å². The summed E-state index contributed by atoms with van der Waals surface area (Å²) in [6.45, 7) is 2.07. The van der Waals surface area contributed by atoms with Crippen LogP contribution in [0.15, 0.2) is 0 Å². The minimum Gasteiger partial charge on any atom is -0.327 e. The Morgan fingerprint density at radius 3 is 2.33 bits per heavy atom. The average Bonchev–Trinajstić information content (AvgIpc) is 2.19. The van der Waals surface area contributed by atoms with E-state index < -0.39 is 0 Å². The Bertz CT molecular complexity index is 49.9. The second-order valence-electron chi connectivity index (χ2n) is 1.90. The smallest absolute Gasteiger partial charge is 0.00737 e. The van der Waals surface area contributed by atoms with E-state index in [-0.39, 0.29) is 0 Å². The zero-order valence-electron chi connectivity index (χ0n) is 4.02. The minimum atomic E-state index is 0.509. The van der Waals surface area contributed by atoms with E-state index in [4.69, 9.17) is 5.73 Å². The molecule has 0 aliphatic heterocycles. The quantitative estimate of drug-likeness (QED) is 0.493. The zero-order chi connectivity index (χ0) is 4.57. The summed E-state index contributed by atoms with van der Waals surface area (Å²) in [4.78, 5) is 0. The summed E-state index contributed by atoms with van der Waals surface area (Å²) in [5.41, 5.74) is 5.45. The maximum atomic E-state index is 5.45. The summed E-state index contributed by atoms with van der Waals surface area (Å²) in [7, 11) is 0. The molecule has 0 spiro atoms. The van der Waals surface area contributed by atoms with Crippen LogP contribution in [0.1, 0.15) is 13.3 Å². The number of nitrogens with two attached hydrogens (primary N) is 1. The van der Waals surface area contributed by atoms with Gasteiger partial charge in [-0.05, 0) is 18.8 Å². The molecule has 1 fully saturated rings. The summed E-state index contributed by atoms with van der Waals surface area (Å²) >= 11 is 0. The Morgan fingerprint density at radius 2 is 2.33 bits per heavy atom. The van der Waals surface area contributed by atoms with Crippen LogP contribution in [-0.2, 0) is 0 Å². The SMILES string of the molecule is C[CH]C1CC1N. The largest absolute Gasteiger partial charge is 0.327 e. The molecule has 1 aliphatic carbocycles. The van der Waals surface area contributed by atoms with E-state index in [9.17, 15) is 0 Å². The van der Waals surface area contributed by atoms with Crippen molar-refractivity contribution in [3.63, 3.8) is 0 Å². The number of rotatable bonds is 1. The summed E-state index contributed by atoms with van der Waals surface area (Å²) in [6, 6.07) is 0.509. The molecular formula is C5H10N. The zero-order valence-corrected chi connectivity index (χ0v) is 4.02. The maximum absolute atomic E-state index is 5.45. The number of hydrogen-bond donors (Lipinski definition) is 1. The minimum absolute atomic E-state index is 0.509. The molecule has 35 valence electrons. The Labute approximate surface area is 38.5 Å². The van der Waals surface area contributed by atoms with Gasteiger partial charge in [-0.1, -0.05) is 6.92 Å². The van der Waals surface area contributed by atoms with Crippen molar-refractivity contribution in [2.24, 2.45) is 11.7 Å². The Kier molecular flexibility index (Phi) is 0.845. The van der Waals surface area contributed by atoms with Gasteiger partial charge in [-0.2, -0.15) is 0 Å². The van der Waals surface area contributed by atoms with Gasteiger partial charge in [0.25, 0.3) is 0 Å². The number of hydrogen-bond acceptors (Lipinski definition) is 1. The molecule has 0 aromatic rings. The molecule has 2 atom stereocenters. The molecule has 2 unspecified atom stereocenters.